The molecule has 29 heavy (non-hydrogen) atoms. The molecule has 7 nitrogen and oxygen atoms in total. The molecule has 0 bridgehead atoms. The van der Waals surface area contributed by atoms with E-state index in [9.17, 15) is 8.78 Å². The van der Waals surface area contributed by atoms with Crippen LogP contribution in [-0.4, -0.2) is 21.0 Å². The molecule has 9 heteroatoms. The van der Waals surface area contributed by atoms with Gasteiger partial charge in [0.15, 0.2) is 11.8 Å². The maximum absolute atomic E-state index is 14.4. The van der Waals surface area contributed by atoms with E-state index in [1.54, 1.807) is 18.2 Å². The van der Waals surface area contributed by atoms with Crippen molar-refractivity contribution >= 4 is 23.0 Å². The molecule has 148 valence electrons. The van der Waals surface area contributed by atoms with Crippen molar-refractivity contribution < 1.29 is 13.9 Å². The van der Waals surface area contributed by atoms with Crippen molar-refractivity contribution in [3.05, 3.63) is 89.5 Å². The number of halogens is 2. The van der Waals surface area contributed by atoms with Gasteiger partial charge in [-0.15, -0.1) is 0 Å². The van der Waals surface area contributed by atoms with Crippen molar-refractivity contribution in [3.8, 4) is 0 Å². The molecule has 0 aliphatic carbocycles. The van der Waals surface area contributed by atoms with Gasteiger partial charge in [-0.2, -0.15) is 0 Å². The Labute approximate surface area is 165 Å². The molecule has 2 aromatic heterocycles. The van der Waals surface area contributed by atoms with Crippen molar-refractivity contribution in [2.75, 3.05) is 5.32 Å². The van der Waals surface area contributed by atoms with Crippen molar-refractivity contribution in [1.82, 2.24) is 9.97 Å². The fourth-order valence-corrected chi connectivity index (χ4v) is 2.53. The number of pyridine rings is 2. The number of hydrogen-bond donors (Lipinski definition) is 4. The van der Waals surface area contributed by atoms with E-state index in [-0.39, 0.29) is 35.1 Å². The van der Waals surface area contributed by atoms with Crippen molar-refractivity contribution in [1.29, 1.82) is 0 Å². The first-order chi connectivity index (χ1) is 14.0. The molecular weight excluding hydrogens is 378 g/mol. The predicted molar refractivity (Wildman–Crippen MR) is 107 cm³/mol. The number of nitrogens with zero attached hydrogens (tertiary/aromatic N) is 3. The van der Waals surface area contributed by atoms with Crippen LogP contribution in [0.5, 0.6) is 0 Å². The number of aliphatic hydroxyl groups is 1. The number of aromatic nitrogens is 2. The van der Waals surface area contributed by atoms with Gasteiger partial charge in [-0.05, 0) is 30.3 Å². The van der Waals surface area contributed by atoms with Crippen LogP contribution < -0.4 is 16.8 Å². The minimum atomic E-state index is -0.677. The van der Waals surface area contributed by atoms with Crippen molar-refractivity contribution in [2.24, 2.45) is 16.5 Å². The Hall–Kier alpha value is -3.85. The summed E-state index contributed by atoms with van der Waals surface area (Å²) in [6.45, 7) is -0.196. The number of aliphatic imine (C=N–C) groups is 1. The van der Waals surface area contributed by atoms with Crippen molar-refractivity contribution in [3.63, 3.8) is 0 Å². The summed E-state index contributed by atoms with van der Waals surface area (Å²) in [5.74, 6) is -1.38. The summed E-state index contributed by atoms with van der Waals surface area (Å²) in [6, 6.07) is 10.4. The normalized spacial score (nSPS) is 12.4. The molecule has 0 fully saturated rings. The zero-order chi connectivity index (χ0) is 20.8. The number of nitrogens with one attached hydrogen (secondary N) is 1. The van der Waals surface area contributed by atoms with E-state index in [0.717, 1.165) is 6.20 Å². The van der Waals surface area contributed by atoms with Gasteiger partial charge in [-0.25, -0.2) is 13.8 Å². The maximum Gasteiger partial charge on any atom is 0.198 e. The Morgan fingerprint density at radius 2 is 1.79 bits per heavy atom. The van der Waals surface area contributed by atoms with E-state index >= 15 is 0 Å². The number of anilines is 1. The van der Waals surface area contributed by atoms with Gasteiger partial charge in [-0.3, -0.25) is 9.97 Å². The third kappa shape index (κ3) is 4.71. The fourth-order valence-electron chi connectivity index (χ4n) is 2.53. The zero-order valence-electron chi connectivity index (χ0n) is 15.2. The fraction of sp³-hybridized carbons (Fsp3) is 0.0500. The number of rotatable bonds is 5. The summed E-state index contributed by atoms with van der Waals surface area (Å²) >= 11 is 0. The molecule has 3 aromatic rings. The van der Waals surface area contributed by atoms with Crippen LogP contribution >= 0.6 is 0 Å². The smallest absolute Gasteiger partial charge is 0.198 e. The third-order valence-corrected chi connectivity index (χ3v) is 3.94. The molecule has 0 aliphatic heterocycles. The predicted octanol–water partition coefficient (Wildman–Crippen LogP) is 2.46. The van der Waals surface area contributed by atoms with Gasteiger partial charge in [0.2, 0.25) is 0 Å². The lowest BCUT2D eigenvalue weighted by Crippen LogP contribution is -2.23. The molecular formula is C20H18F2N6O. The molecule has 0 saturated carbocycles. The number of benzene rings is 1. The molecule has 0 atom stereocenters. The quantitative estimate of drug-likeness (QED) is 0.388. The summed E-state index contributed by atoms with van der Waals surface area (Å²) in [6.07, 6.45) is 3.82. The second kappa shape index (κ2) is 8.89. The first-order valence-electron chi connectivity index (χ1n) is 8.51. The lowest BCUT2D eigenvalue weighted by atomic mass is 10.1. The molecule has 3 rings (SSSR count). The molecule has 0 aliphatic rings. The van der Waals surface area contributed by atoms with Crippen LogP contribution in [-0.2, 0) is 6.61 Å². The Morgan fingerprint density at radius 3 is 2.45 bits per heavy atom. The van der Waals surface area contributed by atoms with Crippen LogP contribution in [0.4, 0.5) is 14.5 Å². The van der Waals surface area contributed by atoms with E-state index in [4.69, 9.17) is 16.6 Å². The summed E-state index contributed by atoms with van der Waals surface area (Å²) in [7, 11) is 0. The average molecular weight is 396 g/mol. The van der Waals surface area contributed by atoms with Gasteiger partial charge < -0.3 is 21.9 Å². The van der Waals surface area contributed by atoms with E-state index < -0.39 is 11.6 Å². The Balaban J connectivity index is 2.05. The lowest BCUT2D eigenvalue weighted by Gasteiger charge is -2.12. The highest BCUT2D eigenvalue weighted by Crippen LogP contribution is 2.27. The number of guanidine groups is 1. The molecule has 0 radical (unpaired) electrons. The highest BCUT2D eigenvalue weighted by molar-refractivity contribution is 6.00. The Bertz CT molecular complexity index is 1070. The average Bonchev–Trinajstić information content (AvgIpc) is 2.73. The van der Waals surface area contributed by atoms with Crippen molar-refractivity contribution in [2.45, 2.75) is 6.61 Å². The van der Waals surface area contributed by atoms with E-state index in [1.165, 1.54) is 36.7 Å². The molecule has 6 N–H and O–H groups in total. The molecule has 2 heterocycles. The lowest BCUT2D eigenvalue weighted by molar-refractivity contribution is 0.277. The highest BCUT2D eigenvalue weighted by Gasteiger charge is 2.16. The molecule has 0 amide bonds. The second-order valence-corrected chi connectivity index (χ2v) is 5.92. The topological polar surface area (TPSA) is 122 Å². The summed E-state index contributed by atoms with van der Waals surface area (Å²) in [5, 5.41) is 11.9. The number of nitrogens with two attached hydrogens (primary N) is 2. The third-order valence-electron chi connectivity index (χ3n) is 3.94. The second-order valence-electron chi connectivity index (χ2n) is 5.92. The molecule has 1 aromatic carbocycles. The first-order valence-corrected chi connectivity index (χ1v) is 8.51. The van der Waals surface area contributed by atoms with Crippen LogP contribution in [0.1, 0.15) is 16.8 Å². The van der Waals surface area contributed by atoms with Crippen LogP contribution in [0, 0.1) is 11.6 Å². The first kappa shape index (κ1) is 19.9. The Kier molecular flexibility index (Phi) is 6.10. The van der Waals surface area contributed by atoms with Crippen LogP contribution in [0.25, 0.3) is 11.4 Å². The SMILES string of the molecule is N/C(=C(\N=C(/N)Nc1ccc(CO)nc1)c1ccccc1F)c1ccncc1F. The van der Waals surface area contributed by atoms with Crippen LogP contribution in [0.15, 0.2) is 66.0 Å². The zero-order valence-corrected chi connectivity index (χ0v) is 15.2. The van der Waals surface area contributed by atoms with Gasteiger partial charge in [-0.1, -0.05) is 12.1 Å². The van der Waals surface area contributed by atoms with Gasteiger partial charge in [0.1, 0.15) is 11.5 Å². The molecule has 0 unspecified atom stereocenters. The number of aliphatic hydroxyl groups excluding tert-OH is 1. The summed E-state index contributed by atoms with van der Waals surface area (Å²) in [5.41, 5.74) is 13.0. The van der Waals surface area contributed by atoms with Gasteiger partial charge in [0.05, 0.1) is 36.1 Å². The minimum absolute atomic E-state index is 0.0174. The Morgan fingerprint density at radius 1 is 1.00 bits per heavy atom. The standard InChI is InChI=1S/C20H18F2N6O/c21-16-4-2-1-3-15(16)19(18(23)14-7-8-25-10-17(14)22)28-20(24)27-12-5-6-13(11-29)26-9-12/h1-10,29H,11,23H2,(H3,24,27,28)/b19-18-. The number of hydrogen-bond acceptors (Lipinski definition) is 5. The van der Waals surface area contributed by atoms with E-state index in [2.05, 4.69) is 20.3 Å². The highest BCUT2D eigenvalue weighted by atomic mass is 19.1. The van der Waals surface area contributed by atoms with E-state index in [0.29, 0.717) is 11.4 Å². The van der Waals surface area contributed by atoms with Gasteiger partial charge >= 0.3 is 0 Å². The van der Waals surface area contributed by atoms with E-state index in [1.807, 2.05) is 0 Å². The van der Waals surface area contributed by atoms with Crippen LogP contribution in [0.3, 0.4) is 0 Å². The van der Waals surface area contributed by atoms with Gasteiger partial charge in [0.25, 0.3) is 0 Å². The largest absolute Gasteiger partial charge is 0.396 e. The monoisotopic (exact) mass is 396 g/mol. The minimum Gasteiger partial charge on any atom is -0.396 e. The summed E-state index contributed by atoms with van der Waals surface area (Å²) < 4.78 is 28.6. The summed E-state index contributed by atoms with van der Waals surface area (Å²) in [4.78, 5) is 11.9. The molecule has 0 spiro atoms. The van der Waals surface area contributed by atoms with Gasteiger partial charge in [0, 0.05) is 17.3 Å². The van der Waals surface area contributed by atoms with Crippen LogP contribution in [0.2, 0.25) is 0 Å². The maximum atomic E-state index is 14.4. The molecule has 0 saturated heterocycles.